The van der Waals surface area contributed by atoms with Crippen molar-refractivity contribution in [3.05, 3.63) is 59.9 Å². The molecule has 94 valence electrons. The standard InChI is InChI=1S/C16H12FNO/c1-10-8-12(16(19)9-13(10)17)15-7-6-11-4-2-3-5-14(11)18-15/h2-9,19H,1H3. The second-order valence-corrected chi connectivity index (χ2v) is 4.51. The van der Waals surface area contributed by atoms with E-state index >= 15 is 0 Å². The zero-order chi connectivity index (χ0) is 13.4. The summed E-state index contributed by atoms with van der Waals surface area (Å²) >= 11 is 0. The van der Waals surface area contributed by atoms with E-state index in [1.54, 1.807) is 13.0 Å². The molecule has 0 spiro atoms. The van der Waals surface area contributed by atoms with Crippen LogP contribution in [-0.2, 0) is 0 Å². The van der Waals surface area contributed by atoms with Crippen molar-refractivity contribution in [3.63, 3.8) is 0 Å². The van der Waals surface area contributed by atoms with Gasteiger partial charge in [-0.15, -0.1) is 0 Å². The minimum Gasteiger partial charge on any atom is -0.507 e. The van der Waals surface area contributed by atoms with Crippen molar-refractivity contribution < 1.29 is 9.50 Å². The van der Waals surface area contributed by atoms with Crippen LogP contribution in [0.2, 0.25) is 0 Å². The fourth-order valence-corrected chi connectivity index (χ4v) is 2.09. The van der Waals surface area contributed by atoms with Crippen LogP contribution in [0, 0.1) is 12.7 Å². The number of rotatable bonds is 1. The van der Waals surface area contributed by atoms with Crippen molar-refractivity contribution in [2.24, 2.45) is 0 Å². The summed E-state index contributed by atoms with van der Waals surface area (Å²) in [5.41, 5.74) is 2.52. The van der Waals surface area contributed by atoms with E-state index < -0.39 is 5.82 Å². The number of phenols is 1. The second-order valence-electron chi connectivity index (χ2n) is 4.51. The van der Waals surface area contributed by atoms with Crippen LogP contribution in [0.4, 0.5) is 4.39 Å². The first-order chi connectivity index (χ1) is 9.15. The highest BCUT2D eigenvalue weighted by Crippen LogP contribution is 2.31. The molecule has 3 heteroatoms. The molecular weight excluding hydrogens is 241 g/mol. The third-order valence-corrected chi connectivity index (χ3v) is 3.15. The monoisotopic (exact) mass is 253 g/mol. The lowest BCUT2D eigenvalue weighted by atomic mass is 10.1. The Balaban J connectivity index is 2.21. The molecule has 2 aromatic carbocycles. The van der Waals surface area contributed by atoms with Crippen molar-refractivity contribution >= 4 is 10.9 Å². The summed E-state index contributed by atoms with van der Waals surface area (Å²) in [6.45, 7) is 1.67. The first-order valence-electron chi connectivity index (χ1n) is 6.00. The number of fused-ring (bicyclic) bond motifs is 1. The third-order valence-electron chi connectivity index (χ3n) is 3.15. The van der Waals surface area contributed by atoms with E-state index in [0.29, 0.717) is 16.8 Å². The van der Waals surface area contributed by atoms with Gasteiger partial charge in [0.2, 0.25) is 0 Å². The Morgan fingerprint density at radius 1 is 1.05 bits per heavy atom. The van der Waals surface area contributed by atoms with Gasteiger partial charge < -0.3 is 5.11 Å². The predicted molar refractivity (Wildman–Crippen MR) is 73.5 cm³/mol. The molecule has 0 unspecified atom stereocenters. The Morgan fingerprint density at radius 3 is 2.68 bits per heavy atom. The number of aromatic hydroxyl groups is 1. The van der Waals surface area contributed by atoms with Crippen molar-refractivity contribution in [1.82, 2.24) is 4.98 Å². The van der Waals surface area contributed by atoms with Crippen LogP contribution in [0.15, 0.2) is 48.5 Å². The van der Waals surface area contributed by atoms with Crippen LogP contribution in [0.1, 0.15) is 5.56 Å². The number of aromatic nitrogens is 1. The smallest absolute Gasteiger partial charge is 0.129 e. The van der Waals surface area contributed by atoms with Crippen molar-refractivity contribution in [2.75, 3.05) is 0 Å². The Bertz CT molecular complexity index is 768. The third kappa shape index (κ3) is 2.03. The van der Waals surface area contributed by atoms with Gasteiger partial charge in [-0.25, -0.2) is 9.37 Å². The predicted octanol–water partition coefficient (Wildman–Crippen LogP) is 4.05. The number of hydrogen-bond donors (Lipinski definition) is 1. The number of aryl methyl sites for hydroxylation is 1. The van der Waals surface area contributed by atoms with Crippen LogP contribution in [0.25, 0.3) is 22.2 Å². The summed E-state index contributed by atoms with van der Waals surface area (Å²) in [6.07, 6.45) is 0. The van der Waals surface area contributed by atoms with Gasteiger partial charge in [-0.05, 0) is 30.7 Å². The Hall–Kier alpha value is -2.42. The minimum absolute atomic E-state index is 0.0918. The van der Waals surface area contributed by atoms with Crippen molar-refractivity contribution in [1.29, 1.82) is 0 Å². The van der Waals surface area contributed by atoms with E-state index in [-0.39, 0.29) is 5.75 Å². The molecule has 0 amide bonds. The number of nitrogens with zero attached hydrogens (tertiary/aromatic N) is 1. The lowest BCUT2D eigenvalue weighted by molar-refractivity contribution is 0.470. The van der Waals surface area contributed by atoms with Gasteiger partial charge in [-0.1, -0.05) is 24.3 Å². The van der Waals surface area contributed by atoms with Gasteiger partial charge in [-0.2, -0.15) is 0 Å². The van der Waals surface area contributed by atoms with Crippen LogP contribution in [0.5, 0.6) is 5.75 Å². The molecule has 0 saturated carbocycles. The SMILES string of the molecule is Cc1cc(-c2ccc3ccccc3n2)c(O)cc1F. The quantitative estimate of drug-likeness (QED) is 0.709. The van der Waals surface area contributed by atoms with Gasteiger partial charge in [-0.3, -0.25) is 0 Å². The maximum Gasteiger partial charge on any atom is 0.129 e. The molecule has 1 heterocycles. The molecule has 2 nitrogen and oxygen atoms in total. The summed E-state index contributed by atoms with van der Waals surface area (Å²) in [4.78, 5) is 4.49. The highest BCUT2D eigenvalue weighted by molar-refractivity contribution is 5.82. The number of benzene rings is 2. The maximum atomic E-state index is 13.3. The molecule has 0 aliphatic carbocycles. The summed E-state index contributed by atoms with van der Waals surface area (Å²) in [6, 6.07) is 14.3. The van der Waals surface area contributed by atoms with Crippen LogP contribution in [-0.4, -0.2) is 10.1 Å². The van der Waals surface area contributed by atoms with E-state index in [1.165, 1.54) is 0 Å². The van der Waals surface area contributed by atoms with Crippen LogP contribution >= 0.6 is 0 Å². The zero-order valence-electron chi connectivity index (χ0n) is 10.4. The normalized spacial score (nSPS) is 10.8. The first kappa shape index (κ1) is 11.7. The molecule has 3 aromatic rings. The molecule has 1 N–H and O–H groups in total. The number of phenolic OH excluding ortho intramolecular Hbond substituents is 1. The lowest BCUT2D eigenvalue weighted by Crippen LogP contribution is -1.89. The Kier molecular flexibility index (Phi) is 2.67. The number of pyridine rings is 1. The van der Waals surface area contributed by atoms with Gasteiger partial charge in [0, 0.05) is 17.0 Å². The molecule has 3 rings (SSSR count). The summed E-state index contributed by atoms with van der Waals surface area (Å²) in [5, 5.41) is 10.9. The molecular formula is C16H12FNO. The fourth-order valence-electron chi connectivity index (χ4n) is 2.09. The van der Waals surface area contributed by atoms with Crippen LogP contribution in [0.3, 0.4) is 0 Å². The number of para-hydroxylation sites is 1. The maximum absolute atomic E-state index is 13.3. The molecule has 0 atom stereocenters. The number of halogens is 1. The molecule has 0 bridgehead atoms. The van der Waals surface area contributed by atoms with Crippen molar-refractivity contribution in [2.45, 2.75) is 6.92 Å². The molecule has 0 fully saturated rings. The average Bonchev–Trinajstić information content (AvgIpc) is 2.42. The topological polar surface area (TPSA) is 33.1 Å². The first-order valence-corrected chi connectivity index (χ1v) is 6.00. The van der Waals surface area contributed by atoms with E-state index in [1.807, 2.05) is 36.4 Å². The minimum atomic E-state index is -0.415. The highest BCUT2D eigenvalue weighted by Gasteiger charge is 2.10. The van der Waals surface area contributed by atoms with E-state index in [2.05, 4.69) is 4.98 Å². The molecule has 1 aromatic heterocycles. The van der Waals surface area contributed by atoms with Gasteiger partial charge in [0.25, 0.3) is 0 Å². The lowest BCUT2D eigenvalue weighted by Gasteiger charge is -2.07. The summed E-state index contributed by atoms with van der Waals surface area (Å²) in [7, 11) is 0. The molecule has 0 aliphatic rings. The average molecular weight is 253 g/mol. The summed E-state index contributed by atoms with van der Waals surface area (Å²) in [5.74, 6) is -0.507. The van der Waals surface area contributed by atoms with Gasteiger partial charge in [0.15, 0.2) is 0 Å². The highest BCUT2D eigenvalue weighted by atomic mass is 19.1. The molecule has 0 aliphatic heterocycles. The zero-order valence-corrected chi connectivity index (χ0v) is 10.4. The summed E-state index contributed by atoms with van der Waals surface area (Å²) < 4.78 is 13.3. The molecule has 0 radical (unpaired) electrons. The molecule has 19 heavy (non-hydrogen) atoms. The van der Waals surface area contributed by atoms with Gasteiger partial charge >= 0.3 is 0 Å². The molecule has 0 saturated heterocycles. The van der Waals surface area contributed by atoms with E-state index in [4.69, 9.17) is 0 Å². The fraction of sp³-hybridized carbons (Fsp3) is 0.0625. The van der Waals surface area contributed by atoms with E-state index in [9.17, 15) is 9.50 Å². The van der Waals surface area contributed by atoms with Crippen LogP contribution < -0.4 is 0 Å². The largest absolute Gasteiger partial charge is 0.507 e. The van der Waals surface area contributed by atoms with Crippen molar-refractivity contribution in [3.8, 4) is 17.0 Å². The number of hydrogen-bond acceptors (Lipinski definition) is 2. The van der Waals surface area contributed by atoms with Gasteiger partial charge in [0.05, 0.1) is 11.2 Å². The van der Waals surface area contributed by atoms with E-state index in [0.717, 1.165) is 17.0 Å². The second kappa shape index (κ2) is 4.35. The Morgan fingerprint density at radius 2 is 1.84 bits per heavy atom. The Labute approximate surface area is 110 Å². The van der Waals surface area contributed by atoms with Gasteiger partial charge in [0.1, 0.15) is 11.6 Å².